The van der Waals surface area contributed by atoms with Gasteiger partial charge in [-0.2, -0.15) is 9.47 Å². The van der Waals surface area contributed by atoms with Crippen LogP contribution in [-0.4, -0.2) is 19.1 Å². The molecule has 2 aromatic rings. The Hall–Kier alpha value is -1.63. The fourth-order valence-corrected chi connectivity index (χ4v) is 1.84. The van der Waals surface area contributed by atoms with Gasteiger partial charge in [0.15, 0.2) is 5.82 Å². The first-order chi connectivity index (χ1) is 7.16. The van der Waals surface area contributed by atoms with Crippen molar-refractivity contribution in [2.24, 2.45) is 7.05 Å². The number of nitrogens with zero attached hydrogens (tertiary/aromatic N) is 4. The van der Waals surface area contributed by atoms with Gasteiger partial charge in [-0.05, 0) is 18.5 Å². The summed E-state index contributed by atoms with van der Waals surface area (Å²) in [5, 5.41) is 8.33. The van der Waals surface area contributed by atoms with E-state index in [2.05, 4.69) is 19.8 Å². The Labute approximate surface area is 91.3 Å². The third kappa shape index (κ3) is 2.07. The number of nitrogens with one attached hydrogen (secondary N) is 1. The van der Waals surface area contributed by atoms with Gasteiger partial charge in [0, 0.05) is 12.6 Å². The van der Waals surface area contributed by atoms with Crippen molar-refractivity contribution in [2.75, 3.05) is 11.1 Å². The Morgan fingerprint density at radius 2 is 2.40 bits per heavy atom. The zero-order valence-electron chi connectivity index (χ0n) is 8.56. The van der Waals surface area contributed by atoms with E-state index in [1.165, 1.54) is 11.5 Å². The average molecular weight is 224 g/mol. The summed E-state index contributed by atoms with van der Waals surface area (Å²) in [5.41, 5.74) is 6.62. The molecule has 15 heavy (non-hydrogen) atoms. The van der Waals surface area contributed by atoms with Gasteiger partial charge < -0.3 is 11.1 Å². The van der Waals surface area contributed by atoms with Crippen molar-refractivity contribution in [3.05, 3.63) is 17.7 Å². The topological polar surface area (TPSA) is 81.6 Å². The fraction of sp³-hybridized carbons (Fsp3) is 0.375. The lowest BCUT2D eigenvalue weighted by Crippen LogP contribution is -2.02. The van der Waals surface area contributed by atoms with E-state index in [9.17, 15) is 0 Å². The average Bonchev–Trinajstić information content (AvgIpc) is 2.74. The molecule has 0 aliphatic rings. The zero-order valence-corrected chi connectivity index (χ0v) is 9.38. The van der Waals surface area contributed by atoms with Crippen LogP contribution >= 0.6 is 11.5 Å². The molecule has 0 atom stereocenters. The second-order valence-electron chi connectivity index (χ2n) is 3.21. The number of aryl methyl sites for hydroxylation is 1. The van der Waals surface area contributed by atoms with E-state index in [1.807, 2.05) is 14.0 Å². The summed E-state index contributed by atoms with van der Waals surface area (Å²) in [4.78, 5) is 4.11. The third-order valence-corrected chi connectivity index (χ3v) is 2.94. The Kier molecular flexibility index (Phi) is 2.55. The van der Waals surface area contributed by atoms with E-state index in [0.29, 0.717) is 12.4 Å². The highest BCUT2D eigenvalue weighted by atomic mass is 32.1. The van der Waals surface area contributed by atoms with Crippen LogP contribution in [0.5, 0.6) is 0 Å². The predicted octanol–water partition coefficient (Wildman–Crippen LogP) is 0.774. The van der Waals surface area contributed by atoms with Crippen molar-refractivity contribution in [3.8, 4) is 0 Å². The number of hydrogen-bond donors (Lipinski definition) is 2. The van der Waals surface area contributed by atoms with Gasteiger partial charge in [0.05, 0.1) is 6.54 Å². The Bertz CT molecular complexity index is 459. The first kappa shape index (κ1) is 9.91. The lowest BCUT2D eigenvalue weighted by molar-refractivity contribution is 0.747. The molecular weight excluding hydrogens is 212 g/mol. The van der Waals surface area contributed by atoms with Crippen LogP contribution in [0.2, 0.25) is 0 Å². The maximum Gasteiger partial charge on any atom is 0.169 e. The van der Waals surface area contributed by atoms with Crippen LogP contribution in [0.25, 0.3) is 0 Å². The second-order valence-corrected chi connectivity index (χ2v) is 3.98. The van der Waals surface area contributed by atoms with Crippen LogP contribution in [0, 0.1) is 6.92 Å². The molecule has 6 nitrogen and oxygen atoms in total. The van der Waals surface area contributed by atoms with Crippen LogP contribution < -0.4 is 11.1 Å². The van der Waals surface area contributed by atoms with E-state index in [4.69, 9.17) is 5.73 Å². The molecule has 3 N–H and O–H groups in total. The number of anilines is 2. The lowest BCUT2D eigenvalue weighted by Gasteiger charge is -2.00. The molecule has 0 bridgehead atoms. The predicted molar refractivity (Wildman–Crippen MR) is 59.6 cm³/mol. The summed E-state index contributed by atoms with van der Waals surface area (Å²) in [6, 6.07) is 0. The Morgan fingerprint density at radius 1 is 1.60 bits per heavy atom. The summed E-state index contributed by atoms with van der Waals surface area (Å²) in [6.45, 7) is 2.52. The molecule has 0 spiro atoms. The number of hydrogen-bond acceptors (Lipinski definition) is 6. The lowest BCUT2D eigenvalue weighted by atomic mass is 10.3. The molecule has 2 heterocycles. The molecular formula is C8H12N6S. The molecule has 0 fully saturated rings. The Morgan fingerprint density at radius 3 is 2.93 bits per heavy atom. The van der Waals surface area contributed by atoms with Crippen molar-refractivity contribution >= 4 is 22.4 Å². The van der Waals surface area contributed by atoms with E-state index < -0.39 is 0 Å². The van der Waals surface area contributed by atoms with Gasteiger partial charge in [-0.1, -0.05) is 0 Å². The monoisotopic (exact) mass is 224 g/mol. The highest BCUT2D eigenvalue weighted by Crippen LogP contribution is 2.25. The van der Waals surface area contributed by atoms with E-state index in [1.54, 1.807) is 11.0 Å². The highest BCUT2D eigenvalue weighted by molar-refractivity contribution is 7.10. The van der Waals surface area contributed by atoms with E-state index in [-0.39, 0.29) is 0 Å². The fourth-order valence-electron chi connectivity index (χ4n) is 1.14. The molecule has 0 unspecified atom stereocenters. The maximum atomic E-state index is 5.64. The summed E-state index contributed by atoms with van der Waals surface area (Å²) in [6.07, 6.45) is 1.67. The molecule has 0 saturated heterocycles. The molecule has 0 radical (unpaired) electrons. The van der Waals surface area contributed by atoms with Crippen molar-refractivity contribution in [1.82, 2.24) is 19.1 Å². The van der Waals surface area contributed by atoms with Gasteiger partial charge >= 0.3 is 0 Å². The zero-order chi connectivity index (χ0) is 10.8. The van der Waals surface area contributed by atoms with Gasteiger partial charge in [-0.3, -0.25) is 4.68 Å². The summed E-state index contributed by atoms with van der Waals surface area (Å²) in [5.74, 6) is 1.33. The molecule has 0 amide bonds. The van der Waals surface area contributed by atoms with Crippen molar-refractivity contribution in [3.63, 3.8) is 0 Å². The van der Waals surface area contributed by atoms with Gasteiger partial charge in [-0.15, -0.1) is 0 Å². The van der Waals surface area contributed by atoms with E-state index >= 15 is 0 Å². The van der Waals surface area contributed by atoms with E-state index in [0.717, 1.165) is 16.4 Å². The maximum absolute atomic E-state index is 5.64. The minimum absolute atomic E-state index is 0.580. The molecule has 2 aromatic heterocycles. The van der Waals surface area contributed by atoms with Gasteiger partial charge in [-0.25, -0.2) is 4.98 Å². The molecule has 0 saturated carbocycles. The quantitative estimate of drug-likeness (QED) is 0.805. The largest absolute Gasteiger partial charge is 0.383 e. The minimum atomic E-state index is 0.580. The van der Waals surface area contributed by atoms with Gasteiger partial charge in [0.25, 0.3) is 0 Å². The van der Waals surface area contributed by atoms with Crippen LogP contribution in [0.1, 0.15) is 11.4 Å². The second kappa shape index (κ2) is 3.85. The molecule has 0 aliphatic carbocycles. The van der Waals surface area contributed by atoms with Crippen LogP contribution in [0.15, 0.2) is 6.33 Å². The number of aromatic nitrogens is 4. The smallest absolute Gasteiger partial charge is 0.169 e. The van der Waals surface area contributed by atoms with Crippen molar-refractivity contribution < 1.29 is 0 Å². The summed E-state index contributed by atoms with van der Waals surface area (Å²) >= 11 is 1.35. The van der Waals surface area contributed by atoms with Crippen LogP contribution in [-0.2, 0) is 13.6 Å². The molecule has 0 aliphatic heterocycles. The summed E-state index contributed by atoms with van der Waals surface area (Å²) < 4.78 is 5.72. The molecule has 7 heteroatoms. The number of nitrogen functional groups attached to an aromatic ring is 1. The first-order valence-electron chi connectivity index (χ1n) is 4.47. The normalized spacial score (nSPS) is 10.5. The SMILES string of the molecule is Cc1c(N)nsc1NCc1ncn(C)n1. The van der Waals surface area contributed by atoms with Gasteiger partial charge in [0.2, 0.25) is 0 Å². The minimum Gasteiger partial charge on any atom is -0.383 e. The van der Waals surface area contributed by atoms with Crippen LogP contribution in [0.4, 0.5) is 10.8 Å². The number of nitrogens with two attached hydrogens (primary N) is 1. The van der Waals surface area contributed by atoms with Gasteiger partial charge in [0.1, 0.15) is 17.1 Å². The Balaban J connectivity index is 2.02. The molecule has 80 valence electrons. The molecule has 0 aromatic carbocycles. The standard InChI is InChI=1S/C8H12N6S/c1-5-7(9)13-15-8(5)10-3-6-11-4-14(2)12-6/h4,10H,3H2,1-2H3,(H2,9,13). The van der Waals surface area contributed by atoms with Crippen LogP contribution in [0.3, 0.4) is 0 Å². The first-order valence-corrected chi connectivity index (χ1v) is 5.24. The number of rotatable bonds is 3. The van der Waals surface area contributed by atoms with Crippen molar-refractivity contribution in [1.29, 1.82) is 0 Å². The van der Waals surface area contributed by atoms with Crippen molar-refractivity contribution in [2.45, 2.75) is 13.5 Å². The third-order valence-electron chi connectivity index (χ3n) is 2.01. The highest BCUT2D eigenvalue weighted by Gasteiger charge is 2.06. The summed E-state index contributed by atoms with van der Waals surface area (Å²) in [7, 11) is 1.84. The molecule has 2 rings (SSSR count).